The van der Waals surface area contributed by atoms with E-state index >= 15 is 0 Å². The zero-order chi connectivity index (χ0) is 14.4. The molecule has 21 heavy (non-hydrogen) atoms. The first kappa shape index (κ1) is 12.4. The minimum absolute atomic E-state index is 0.349. The van der Waals surface area contributed by atoms with Gasteiger partial charge in [0.1, 0.15) is 6.07 Å². The van der Waals surface area contributed by atoms with Gasteiger partial charge in [0.15, 0.2) is 5.82 Å². The maximum absolute atomic E-state index is 9.53. The number of nitrogens with zero attached hydrogens (tertiary/aromatic N) is 3. The van der Waals surface area contributed by atoms with Gasteiger partial charge in [-0.15, -0.1) is 0 Å². The van der Waals surface area contributed by atoms with Crippen LogP contribution in [-0.2, 0) is 19.3 Å². The molecule has 3 heteroatoms. The summed E-state index contributed by atoms with van der Waals surface area (Å²) in [5, 5.41) is 9.53. The van der Waals surface area contributed by atoms with Crippen molar-refractivity contribution in [3.05, 3.63) is 52.7 Å². The van der Waals surface area contributed by atoms with E-state index in [2.05, 4.69) is 48.2 Å². The van der Waals surface area contributed by atoms with Gasteiger partial charge in [-0.2, -0.15) is 5.26 Å². The topological polar surface area (TPSA) is 39.9 Å². The van der Waals surface area contributed by atoms with Gasteiger partial charge in [-0.05, 0) is 55.9 Å². The van der Waals surface area contributed by atoms with Crippen LogP contribution in [0, 0.1) is 11.3 Å². The van der Waals surface area contributed by atoms with Gasteiger partial charge < -0.3 is 4.90 Å². The average molecular weight is 275 g/mol. The standard InChI is InChI=1S/C18H17N3/c1-12-9-14-5-2-3-8-17(14)21(12)18-15(11-19)10-13-6-4-7-16(13)20-18/h2-3,5,8,10,12H,4,6-7,9H2,1H3. The molecule has 4 rings (SSSR count). The van der Waals surface area contributed by atoms with Crippen molar-refractivity contribution in [1.82, 2.24) is 4.98 Å². The van der Waals surface area contributed by atoms with Crippen LogP contribution in [0.1, 0.15) is 35.7 Å². The molecule has 0 amide bonds. The molecule has 1 aliphatic heterocycles. The Morgan fingerprint density at radius 3 is 2.95 bits per heavy atom. The lowest BCUT2D eigenvalue weighted by Crippen LogP contribution is -2.26. The number of hydrogen-bond donors (Lipinski definition) is 0. The van der Waals surface area contributed by atoms with E-state index in [-0.39, 0.29) is 0 Å². The Kier molecular flexibility index (Phi) is 2.71. The van der Waals surface area contributed by atoms with Crippen LogP contribution in [0.2, 0.25) is 0 Å². The number of pyridine rings is 1. The van der Waals surface area contributed by atoms with Gasteiger partial charge in [0.05, 0.1) is 5.56 Å². The van der Waals surface area contributed by atoms with Crippen LogP contribution >= 0.6 is 0 Å². The second kappa shape index (κ2) is 4.60. The summed E-state index contributed by atoms with van der Waals surface area (Å²) in [4.78, 5) is 7.10. The van der Waals surface area contributed by atoms with Crippen molar-refractivity contribution >= 4 is 11.5 Å². The molecule has 0 saturated heterocycles. The zero-order valence-corrected chi connectivity index (χ0v) is 12.1. The fourth-order valence-electron chi connectivity index (χ4n) is 3.62. The molecular formula is C18H17N3. The number of hydrogen-bond acceptors (Lipinski definition) is 3. The molecule has 0 spiro atoms. The van der Waals surface area contributed by atoms with Gasteiger partial charge in [-0.1, -0.05) is 18.2 Å². The Hall–Kier alpha value is -2.34. The van der Waals surface area contributed by atoms with E-state index in [1.54, 1.807) is 0 Å². The molecule has 2 heterocycles. The van der Waals surface area contributed by atoms with E-state index in [1.807, 2.05) is 0 Å². The largest absolute Gasteiger partial charge is 0.322 e. The van der Waals surface area contributed by atoms with Crippen molar-refractivity contribution in [2.45, 2.75) is 38.6 Å². The molecule has 2 aromatic rings. The molecule has 1 atom stereocenters. The predicted molar refractivity (Wildman–Crippen MR) is 82.7 cm³/mol. The van der Waals surface area contributed by atoms with Crippen molar-refractivity contribution in [3.63, 3.8) is 0 Å². The van der Waals surface area contributed by atoms with Crippen LogP contribution in [0.4, 0.5) is 11.5 Å². The summed E-state index contributed by atoms with van der Waals surface area (Å²) < 4.78 is 0. The Balaban J connectivity index is 1.89. The summed E-state index contributed by atoms with van der Waals surface area (Å²) >= 11 is 0. The summed E-state index contributed by atoms with van der Waals surface area (Å²) in [5.41, 5.74) is 5.69. The van der Waals surface area contributed by atoms with Crippen LogP contribution < -0.4 is 4.90 Å². The normalized spacial score (nSPS) is 19.2. The third kappa shape index (κ3) is 1.83. The molecule has 0 N–H and O–H groups in total. The second-order valence-electron chi connectivity index (χ2n) is 5.98. The quantitative estimate of drug-likeness (QED) is 0.799. The highest BCUT2D eigenvalue weighted by atomic mass is 15.2. The zero-order valence-electron chi connectivity index (χ0n) is 12.1. The molecule has 3 nitrogen and oxygen atoms in total. The van der Waals surface area contributed by atoms with Crippen LogP contribution in [0.3, 0.4) is 0 Å². The molecule has 0 saturated carbocycles. The number of anilines is 2. The van der Waals surface area contributed by atoms with Gasteiger partial charge in [0, 0.05) is 17.4 Å². The number of fused-ring (bicyclic) bond motifs is 2. The molecule has 1 unspecified atom stereocenters. The van der Waals surface area contributed by atoms with Crippen molar-refractivity contribution < 1.29 is 0 Å². The first-order valence-electron chi connectivity index (χ1n) is 7.58. The maximum atomic E-state index is 9.53. The molecule has 1 aliphatic carbocycles. The summed E-state index contributed by atoms with van der Waals surface area (Å²) in [5.74, 6) is 0.843. The van der Waals surface area contributed by atoms with Crippen molar-refractivity contribution in [2.24, 2.45) is 0 Å². The van der Waals surface area contributed by atoms with E-state index in [1.165, 1.54) is 22.5 Å². The smallest absolute Gasteiger partial charge is 0.151 e. The molecular weight excluding hydrogens is 258 g/mol. The van der Waals surface area contributed by atoms with Gasteiger partial charge >= 0.3 is 0 Å². The Morgan fingerprint density at radius 2 is 2.10 bits per heavy atom. The highest BCUT2D eigenvalue weighted by Crippen LogP contribution is 2.39. The molecule has 0 radical (unpaired) electrons. The lowest BCUT2D eigenvalue weighted by Gasteiger charge is -2.25. The molecule has 1 aromatic heterocycles. The van der Waals surface area contributed by atoms with E-state index in [4.69, 9.17) is 4.98 Å². The van der Waals surface area contributed by atoms with Gasteiger partial charge in [-0.3, -0.25) is 0 Å². The Labute approximate surface area is 124 Å². The SMILES string of the molecule is CC1Cc2ccccc2N1c1nc2c(cc1C#N)CCC2. The number of aryl methyl sites for hydroxylation is 2. The predicted octanol–water partition coefficient (Wildman–Crippen LogP) is 3.52. The number of rotatable bonds is 1. The fourth-order valence-corrected chi connectivity index (χ4v) is 3.62. The van der Waals surface area contributed by atoms with E-state index < -0.39 is 0 Å². The number of para-hydroxylation sites is 1. The minimum Gasteiger partial charge on any atom is -0.322 e. The molecule has 1 aromatic carbocycles. The van der Waals surface area contributed by atoms with Crippen LogP contribution in [0.5, 0.6) is 0 Å². The number of benzene rings is 1. The van der Waals surface area contributed by atoms with Crippen LogP contribution in [-0.4, -0.2) is 11.0 Å². The highest BCUT2D eigenvalue weighted by molar-refractivity contribution is 5.73. The lowest BCUT2D eigenvalue weighted by molar-refractivity contribution is 0.747. The Bertz CT molecular complexity index is 758. The van der Waals surface area contributed by atoms with Gasteiger partial charge in [-0.25, -0.2) is 4.98 Å². The van der Waals surface area contributed by atoms with Crippen molar-refractivity contribution in [2.75, 3.05) is 4.90 Å². The first-order chi connectivity index (χ1) is 10.3. The van der Waals surface area contributed by atoms with E-state index in [9.17, 15) is 5.26 Å². The van der Waals surface area contributed by atoms with Gasteiger partial charge in [0.2, 0.25) is 0 Å². The first-order valence-corrected chi connectivity index (χ1v) is 7.58. The average Bonchev–Trinajstić information content (AvgIpc) is 3.07. The molecule has 0 fully saturated rings. The lowest BCUT2D eigenvalue weighted by atomic mass is 10.1. The Morgan fingerprint density at radius 1 is 1.24 bits per heavy atom. The minimum atomic E-state index is 0.349. The van der Waals surface area contributed by atoms with Crippen molar-refractivity contribution in [1.29, 1.82) is 5.26 Å². The number of nitriles is 1. The summed E-state index contributed by atoms with van der Waals surface area (Å²) in [6.45, 7) is 2.20. The highest BCUT2D eigenvalue weighted by Gasteiger charge is 2.30. The molecule has 0 bridgehead atoms. The maximum Gasteiger partial charge on any atom is 0.151 e. The van der Waals surface area contributed by atoms with Gasteiger partial charge in [0.25, 0.3) is 0 Å². The number of aromatic nitrogens is 1. The summed E-state index contributed by atoms with van der Waals surface area (Å²) in [6, 6.07) is 13.2. The third-order valence-corrected chi connectivity index (χ3v) is 4.59. The van der Waals surface area contributed by atoms with Crippen LogP contribution in [0.25, 0.3) is 0 Å². The molecule has 2 aliphatic rings. The molecule has 104 valence electrons. The van der Waals surface area contributed by atoms with E-state index in [0.717, 1.165) is 31.5 Å². The summed E-state index contributed by atoms with van der Waals surface area (Å²) in [7, 11) is 0. The fraction of sp³-hybridized carbons (Fsp3) is 0.333. The van der Waals surface area contributed by atoms with Crippen molar-refractivity contribution in [3.8, 4) is 6.07 Å². The monoisotopic (exact) mass is 275 g/mol. The van der Waals surface area contributed by atoms with E-state index in [0.29, 0.717) is 11.6 Å². The third-order valence-electron chi connectivity index (χ3n) is 4.59. The second-order valence-corrected chi connectivity index (χ2v) is 5.98. The summed E-state index contributed by atoms with van der Waals surface area (Å²) in [6.07, 6.45) is 4.27. The van der Waals surface area contributed by atoms with Crippen LogP contribution in [0.15, 0.2) is 30.3 Å².